The first-order valence-corrected chi connectivity index (χ1v) is 8.38. The van der Waals surface area contributed by atoms with Gasteiger partial charge in [-0.25, -0.2) is 9.97 Å². The molecule has 3 rings (SSSR count). The van der Waals surface area contributed by atoms with Crippen molar-refractivity contribution >= 4 is 23.0 Å². The summed E-state index contributed by atoms with van der Waals surface area (Å²) in [5.74, 6) is 2.49. The van der Waals surface area contributed by atoms with Gasteiger partial charge in [0.25, 0.3) is 0 Å². The number of hydrogen-bond acceptors (Lipinski definition) is 7. The Morgan fingerprint density at radius 3 is 2.37 bits per heavy atom. The Balaban J connectivity index is 1.76. The highest BCUT2D eigenvalue weighted by Gasteiger charge is 2.07. The number of nitrogens with one attached hydrogen (secondary N) is 2. The molecule has 0 amide bonds. The third kappa shape index (κ3) is 4.86. The Kier molecular flexibility index (Phi) is 6.06. The fourth-order valence-corrected chi connectivity index (χ4v) is 2.51. The second kappa shape index (κ2) is 8.86. The summed E-state index contributed by atoms with van der Waals surface area (Å²) >= 11 is 0. The molecule has 1 radical (unpaired) electrons. The number of anilines is 4. The van der Waals surface area contributed by atoms with Crippen LogP contribution in [0.4, 0.5) is 23.0 Å². The van der Waals surface area contributed by atoms with E-state index in [2.05, 4.69) is 27.5 Å². The number of hydrogen-bond donors (Lipinski definition) is 3. The van der Waals surface area contributed by atoms with Crippen LogP contribution < -0.4 is 20.1 Å². The van der Waals surface area contributed by atoms with E-state index in [-0.39, 0.29) is 6.61 Å². The molecule has 0 bridgehead atoms. The number of aliphatic hydroxyl groups is 1. The van der Waals surface area contributed by atoms with Gasteiger partial charge < -0.3 is 25.2 Å². The predicted octanol–water partition coefficient (Wildman–Crippen LogP) is 3.68. The third-order valence-corrected chi connectivity index (χ3v) is 3.74. The smallest absolute Gasteiger partial charge is 0.163 e. The minimum Gasteiger partial charge on any atom is -0.493 e. The molecular formula is C20H21N4O3. The molecule has 7 heteroatoms. The molecule has 0 saturated heterocycles. The molecule has 2 aromatic carbocycles. The molecule has 139 valence electrons. The number of ether oxygens (including phenoxy) is 2. The van der Waals surface area contributed by atoms with Crippen molar-refractivity contribution in [2.75, 3.05) is 24.4 Å². The highest BCUT2D eigenvalue weighted by molar-refractivity contribution is 5.65. The van der Waals surface area contributed by atoms with E-state index in [0.717, 1.165) is 16.9 Å². The molecule has 0 unspecified atom stereocenters. The van der Waals surface area contributed by atoms with Gasteiger partial charge in [-0.3, -0.25) is 0 Å². The van der Waals surface area contributed by atoms with Crippen molar-refractivity contribution in [1.29, 1.82) is 0 Å². The van der Waals surface area contributed by atoms with Crippen molar-refractivity contribution in [3.05, 3.63) is 67.3 Å². The maximum atomic E-state index is 9.25. The van der Waals surface area contributed by atoms with E-state index < -0.39 is 0 Å². The van der Waals surface area contributed by atoms with E-state index in [9.17, 15) is 5.11 Å². The Morgan fingerprint density at radius 2 is 1.70 bits per heavy atom. The number of methoxy groups -OCH3 is 1. The molecule has 3 N–H and O–H groups in total. The number of benzene rings is 2. The van der Waals surface area contributed by atoms with Crippen LogP contribution in [0.3, 0.4) is 0 Å². The zero-order chi connectivity index (χ0) is 19.1. The lowest BCUT2D eigenvalue weighted by molar-refractivity contribution is 0.282. The zero-order valence-corrected chi connectivity index (χ0v) is 15.0. The Bertz CT molecular complexity index is 902. The van der Waals surface area contributed by atoms with E-state index in [4.69, 9.17) is 9.47 Å². The van der Waals surface area contributed by atoms with Crippen molar-refractivity contribution in [1.82, 2.24) is 9.97 Å². The summed E-state index contributed by atoms with van der Waals surface area (Å²) in [6.45, 7) is 3.98. The molecule has 1 aromatic heterocycles. The van der Waals surface area contributed by atoms with Gasteiger partial charge in [0, 0.05) is 23.5 Å². The molecule has 0 fully saturated rings. The zero-order valence-electron chi connectivity index (χ0n) is 15.0. The number of nitrogens with zero attached hydrogens (tertiary/aromatic N) is 2. The summed E-state index contributed by atoms with van der Waals surface area (Å²) in [5, 5.41) is 15.7. The van der Waals surface area contributed by atoms with Crippen molar-refractivity contribution in [2.24, 2.45) is 0 Å². The minimum absolute atomic E-state index is 0.0126. The lowest BCUT2D eigenvalue weighted by atomic mass is 10.2. The lowest BCUT2D eigenvalue weighted by Gasteiger charge is -2.13. The quantitative estimate of drug-likeness (QED) is 0.561. The minimum atomic E-state index is -0.0126. The van der Waals surface area contributed by atoms with Gasteiger partial charge in [-0.2, -0.15) is 0 Å². The summed E-state index contributed by atoms with van der Waals surface area (Å²) in [6, 6.07) is 14.8. The average Bonchev–Trinajstić information content (AvgIpc) is 2.69. The van der Waals surface area contributed by atoms with Crippen molar-refractivity contribution in [3.63, 3.8) is 0 Å². The summed E-state index contributed by atoms with van der Waals surface area (Å²) in [6.07, 6.45) is 1.47. The predicted molar refractivity (Wildman–Crippen MR) is 105 cm³/mol. The van der Waals surface area contributed by atoms with Gasteiger partial charge in [0.2, 0.25) is 0 Å². The Morgan fingerprint density at radius 1 is 0.963 bits per heavy atom. The van der Waals surface area contributed by atoms with Gasteiger partial charge in [0.1, 0.15) is 18.0 Å². The van der Waals surface area contributed by atoms with E-state index in [0.29, 0.717) is 29.7 Å². The highest BCUT2D eigenvalue weighted by Crippen LogP contribution is 2.31. The fraction of sp³-hybridized carbons (Fsp3) is 0.150. The molecule has 0 atom stereocenters. The van der Waals surface area contributed by atoms with Gasteiger partial charge in [0.15, 0.2) is 11.5 Å². The largest absolute Gasteiger partial charge is 0.493 e. The van der Waals surface area contributed by atoms with Gasteiger partial charge in [0.05, 0.1) is 20.3 Å². The van der Waals surface area contributed by atoms with E-state index in [1.165, 1.54) is 6.33 Å². The van der Waals surface area contributed by atoms with Gasteiger partial charge >= 0.3 is 0 Å². The molecule has 1 heterocycles. The van der Waals surface area contributed by atoms with E-state index >= 15 is 0 Å². The van der Waals surface area contributed by atoms with Crippen molar-refractivity contribution < 1.29 is 14.6 Å². The second-order valence-electron chi connectivity index (χ2n) is 5.61. The lowest BCUT2D eigenvalue weighted by Crippen LogP contribution is -2.00. The first-order chi connectivity index (χ1) is 13.2. The first kappa shape index (κ1) is 18.5. The maximum Gasteiger partial charge on any atom is 0.163 e. The summed E-state index contributed by atoms with van der Waals surface area (Å²) in [7, 11) is 1.59. The number of rotatable bonds is 8. The van der Waals surface area contributed by atoms with Crippen molar-refractivity contribution in [2.45, 2.75) is 6.61 Å². The summed E-state index contributed by atoms with van der Waals surface area (Å²) in [5.41, 5.74) is 2.46. The molecule has 7 nitrogen and oxygen atoms in total. The molecular weight excluding hydrogens is 344 g/mol. The highest BCUT2D eigenvalue weighted by atomic mass is 16.5. The fourth-order valence-electron chi connectivity index (χ4n) is 2.51. The van der Waals surface area contributed by atoms with Crippen molar-refractivity contribution in [3.8, 4) is 11.5 Å². The SMILES string of the molecule is [CH2]COc1cc(Nc2cc(Nc3cccc(CO)c3)ncn2)ccc1OC. The second-order valence-corrected chi connectivity index (χ2v) is 5.61. The molecule has 0 saturated carbocycles. The normalized spacial score (nSPS) is 10.3. The van der Waals surface area contributed by atoms with Crippen LogP contribution in [0.25, 0.3) is 0 Å². The van der Waals surface area contributed by atoms with Crippen LogP contribution in [0.5, 0.6) is 11.5 Å². The van der Waals surface area contributed by atoms with Crippen LogP contribution in [-0.4, -0.2) is 28.8 Å². The number of aromatic nitrogens is 2. The Labute approximate surface area is 158 Å². The van der Waals surface area contributed by atoms with Crippen LogP contribution in [0.15, 0.2) is 54.9 Å². The van der Waals surface area contributed by atoms with Crippen LogP contribution in [0.1, 0.15) is 5.56 Å². The van der Waals surface area contributed by atoms with Gasteiger partial charge in [-0.1, -0.05) is 12.1 Å². The van der Waals surface area contributed by atoms with Gasteiger partial charge in [-0.05, 0) is 36.8 Å². The molecule has 0 spiro atoms. The molecule has 0 aliphatic carbocycles. The average molecular weight is 365 g/mol. The summed E-state index contributed by atoms with van der Waals surface area (Å²) in [4.78, 5) is 8.47. The number of aliphatic hydroxyl groups excluding tert-OH is 1. The Hall–Kier alpha value is -3.32. The van der Waals surface area contributed by atoms with Gasteiger partial charge in [-0.15, -0.1) is 0 Å². The molecule has 0 aliphatic heterocycles. The molecule has 0 aliphatic rings. The summed E-state index contributed by atoms with van der Waals surface area (Å²) < 4.78 is 10.8. The molecule has 3 aromatic rings. The van der Waals surface area contributed by atoms with E-state index in [1.807, 2.05) is 42.5 Å². The standard InChI is InChI=1S/C20H21N4O3/c1-3-27-18-10-16(7-8-17(18)26-2)24-20-11-19(21-13-22-20)23-15-6-4-5-14(9-15)12-25/h4-11,13,25H,1,3,12H2,2H3,(H2,21,22,23,24). The van der Waals surface area contributed by atoms with Crippen LogP contribution in [0, 0.1) is 6.92 Å². The maximum absolute atomic E-state index is 9.25. The van der Waals surface area contributed by atoms with E-state index in [1.54, 1.807) is 13.2 Å². The van der Waals surface area contributed by atoms with Crippen LogP contribution >= 0.6 is 0 Å². The monoisotopic (exact) mass is 365 g/mol. The first-order valence-electron chi connectivity index (χ1n) is 8.38. The molecule has 27 heavy (non-hydrogen) atoms. The third-order valence-electron chi connectivity index (χ3n) is 3.74. The van der Waals surface area contributed by atoms with Crippen LogP contribution in [0.2, 0.25) is 0 Å². The topological polar surface area (TPSA) is 88.5 Å². The van der Waals surface area contributed by atoms with Crippen LogP contribution in [-0.2, 0) is 6.61 Å².